The summed E-state index contributed by atoms with van der Waals surface area (Å²) in [6.07, 6.45) is 1.75. The maximum Gasteiger partial charge on any atom is 0.124 e. The van der Waals surface area contributed by atoms with Crippen LogP contribution in [0.1, 0.15) is 11.1 Å². The van der Waals surface area contributed by atoms with Crippen LogP contribution in [0.15, 0.2) is 41.9 Å². The number of benzene rings is 1. The molecule has 104 valence electrons. The van der Waals surface area contributed by atoms with E-state index in [1.165, 1.54) is 12.1 Å². The zero-order valence-corrected chi connectivity index (χ0v) is 11.7. The lowest BCUT2D eigenvalue weighted by atomic mass is 10.1. The lowest BCUT2D eigenvalue weighted by Crippen LogP contribution is -2.02. The first kappa shape index (κ1) is 13.3. The average molecular weight is 298 g/mol. The molecule has 0 saturated heterocycles. The number of aromatic amines is 1. The number of hydrogen-bond acceptors (Lipinski definition) is 4. The third-order valence-corrected chi connectivity index (χ3v) is 3.94. The highest BCUT2D eigenvalue weighted by atomic mass is 32.1. The molecule has 3 aromatic rings. The van der Waals surface area contributed by atoms with E-state index in [1.807, 2.05) is 23.6 Å². The summed E-state index contributed by atoms with van der Waals surface area (Å²) in [5.41, 5.74) is 2.84. The Morgan fingerprint density at radius 1 is 1.38 bits per heavy atom. The summed E-state index contributed by atoms with van der Waals surface area (Å²) in [5.74, 6) is -0.417. The maximum absolute atomic E-state index is 13.1. The molecule has 0 fully saturated rings. The average Bonchev–Trinajstić information content (AvgIpc) is 3.16. The molecule has 4 nitrogen and oxygen atoms in total. The summed E-state index contributed by atoms with van der Waals surface area (Å²) < 4.78 is 13.1. The van der Waals surface area contributed by atoms with Crippen molar-refractivity contribution in [1.82, 2.24) is 10.2 Å². The fraction of sp³-hybridized carbons (Fsp3) is 0.0667. The third kappa shape index (κ3) is 2.78. The molecule has 0 spiro atoms. The molecule has 0 amide bonds. The van der Waals surface area contributed by atoms with Crippen LogP contribution in [0.5, 0.6) is 0 Å². The van der Waals surface area contributed by atoms with Crippen molar-refractivity contribution < 1.29 is 4.39 Å². The Balaban J connectivity index is 1.81. The van der Waals surface area contributed by atoms with Gasteiger partial charge in [0.15, 0.2) is 0 Å². The van der Waals surface area contributed by atoms with E-state index in [0.29, 0.717) is 12.2 Å². The zero-order chi connectivity index (χ0) is 14.7. The number of thiophene rings is 1. The van der Waals surface area contributed by atoms with Gasteiger partial charge in [-0.1, -0.05) is 6.07 Å². The first-order valence-electron chi connectivity index (χ1n) is 6.27. The van der Waals surface area contributed by atoms with Gasteiger partial charge in [-0.25, -0.2) is 4.39 Å². The molecule has 2 aromatic heterocycles. The molecule has 2 heterocycles. The van der Waals surface area contributed by atoms with E-state index in [2.05, 4.69) is 15.5 Å². The second-order valence-electron chi connectivity index (χ2n) is 4.40. The molecule has 0 radical (unpaired) electrons. The van der Waals surface area contributed by atoms with Crippen LogP contribution in [0.25, 0.3) is 10.6 Å². The summed E-state index contributed by atoms with van der Waals surface area (Å²) in [7, 11) is 0. The number of anilines is 1. The zero-order valence-electron chi connectivity index (χ0n) is 10.9. The minimum absolute atomic E-state index is 0.288. The highest BCUT2D eigenvalue weighted by Crippen LogP contribution is 2.26. The lowest BCUT2D eigenvalue weighted by Gasteiger charge is -2.08. The van der Waals surface area contributed by atoms with Crippen molar-refractivity contribution >= 4 is 17.0 Å². The van der Waals surface area contributed by atoms with Crippen molar-refractivity contribution in [3.05, 3.63) is 58.9 Å². The Morgan fingerprint density at radius 2 is 2.29 bits per heavy atom. The Kier molecular flexibility index (Phi) is 3.67. The van der Waals surface area contributed by atoms with Crippen LogP contribution < -0.4 is 5.32 Å². The van der Waals surface area contributed by atoms with Gasteiger partial charge >= 0.3 is 0 Å². The van der Waals surface area contributed by atoms with Gasteiger partial charge in [-0.2, -0.15) is 10.4 Å². The largest absolute Gasteiger partial charge is 0.380 e. The van der Waals surface area contributed by atoms with Crippen LogP contribution in [0, 0.1) is 17.1 Å². The molecular formula is C15H11FN4S. The van der Waals surface area contributed by atoms with E-state index in [4.69, 9.17) is 5.26 Å². The van der Waals surface area contributed by atoms with E-state index in [9.17, 15) is 4.39 Å². The van der Waals surface area contributed by atoms with Crippen molar-refractivity contribution in [3.63, 3.8) is 0 Å². The highest BCUT2D eigenvalue weighted by Gasteiger charge is 2.09. The molecule has 0 saturated carbocycles. The predicted molar refractivity (Wildman–Crippen MR) is 80.3 cm³/mol. The fourth-order valence-corrected chi connectivity index (χ4v) is 2.79. The monoisotopic (exact) mass is 298 g/mol. The number of H-pyrrole nitrogens is 1. The first-order chi connectivity index (χ1) is 10.3. The summed E-state index contributed by atoms with van der Waals surface area (Å²) in [5, 5.41) is 21.2. The van der Waals surface area contributed by atoms with Gasteiger partial charge in [-0.05, 0) is 29.6 Å². The van der Waals surface area contributed by atoms with E-state index >= 15 is 0 Å². The number of aromatic nitrogens is 2. The van der Waals surface area contributed by atoms with Gasteiger partial charge in [0, 0.05) is 12.1 Å². The molecule has 0 aliphatic rings. The molecule has 0 aliphatic carbocycles. The first-order valence-corrected chi connectivity index (χ1v) is 7.15. The number of halogens is 1. The Labute approximate surface area is 124 Å². The van der Waals surface area contributed by atoms with E-state index in [0.717, 1.165) is 16.1 Å². The normalized spacial score (nSPS) is 10.3. The third-order valence-electron chi connectivity index (χ3n) is 3.06. The minimum Gasteiger partial charge on any atom is -0.380 e. The Morgan fingerprint density at radius 3 is 3.05 bits per heavy atom. The van der Waals surface area contributed by atoms with Crippen molar-refractivity contribution in [2.45, 2.75) is 6.54 Å². The second-order valence-corrected chi connectivity index (χ2v) is 5.35. The van der Waals surface area contributed by atoms with Gasteiger partial charge in [0.25, 0.3) is 0 Å². The molecule has 3 rings (SSSR count). The Bertz CT molecular complexity index is 786. The minimum atomic E-state index is -0.417. The fourth-order valence-electron chi connectivity index (χ4n) is 2.03. The van der Waals surface area contributed by atoms with E-state index < -0.39 is 5.82 Å². The summed E-state index contributed by atoms with van der Waals surface area (Å²) >= 11 is 1.63. The standard InChI is InChI=1S/C15H11FN4S/c16-12-3-4-13(10(6-12)7-17)18-8-11-9-19-20-15(11)14-2-1-5-21-14/h1-6,9,18H,8H2,(H,19,20). The highest BCUT2D eigenvalue weighted by molar-refractivity contribution is 7.13. The maximum atomic E-state index is 13.1. The van der Waals surface area contributed by atoms with Crippen LogP contribution >= 0.6 is 11.3 Å². The molecule has 0 unspecified atom stereocenters. The van der Waals surface area contributed by atoms with Gasteiger partial charge < -0.3 is 5.32 Å². The molecule has 21 heavy (non-hydrogen) atoms. The molecular weight excluding hydrogens is 287 g/mol. The summed E-state index contributed by atoms with van der Waals surface area (Å²) in [6, 6.07) is 10.1. The van der Waals surface area contributed by atoms with Gasteiger partial charge in [0.2, 0.25) is 0 Å². The van der Waals surface area contributed by atoms with Gasteiger partial charge in [0.05, 0.1) is 28.0 Å². The number of nitrogens with one attached hydrogen (secondary N) is 2. The van der Waals surface area contributed by atoms with Crippen LogP contribution in [-0.2, 0) is 6.54 Å². The van der Waals surface area contributed by atoms with Crippen molar-refractivity contribution in [2.24, 2.45) is 0 Å². The Hall–Kier alpha value is -2.65. The molecule has 0 aliphatic heterocycles. The van der Waals surface area contributed by atoms with E-state index in [1.54, 1.807) is 23.6 Å². The van der Waals surface area contributed by atoms with Crippen LogP contribution in [-0.4, -0.2) is 10.2 Å². The SMILES string of the molecule is N#Cc1cc(F)ccc1NCc1cn[nH]c1-c1cccs1. The van der Waals surface area contributed by atoms with E-state index in [-0.39, 0.29) is 5.56 Å². The summed E-state index contributed by atoms with van der Waals surface area (Å²) in [6.45, 7) is 0.504. The lowest BCUT2D eigenvalue weighted by molar-refractivity contribution is 0.627. The van der Waals surface area contributed by atoms with Crippen molar-refractivity contribution in [3.8, 4) is 16.6 Å². The number of rotatable bonds is 4. The van der Waals surface area contributed by atoms with Crippen molar-refractivity contribution in [2.75, 3.05) is 5.32 Å². The number of nitriles is 1. The van der Waals surface area contributed by atoms with Crippen molar-refractivity contribution in [1.29, 1.82) is 5.26 Å². The number of nitrogens with zero attached hydrogens (tertiary/aromatic N) is 2. The summed E-state index contributed by atoms with van der Waals surface area (Å²) in [4.78, 5) is 1.10. The van der Waals surface area contributed by atoms with Gasteiger partial charge in [0.1, 0.15) is 11.9 Å². The molecule has 0 atom stereocenters. The van der Waals surface area contributed by atoms with Gasteiger partial charge in [-0.3, -0.25) is 5.10 Å². The second kappa shape index (κ2) is 5.77. The molecule has 6 heteroatoms. The topological polar surface area (TPSA) is 64.5 Å². The molecule has 0 bridgehead atoms. The van der Waals surface area contributed by atoms with Crippen LogP contribution in [0.3, 0.4) is 0 Å². The predicted octanol–water partition coefficient (Wildman–Crippen LogP) is 3.76. The van der Waals surface area contributed by atoms with Gasteiger partial charge in [-0.15, -0.1) is 11.3 Å². The molecule has 2 N–H and O–H groups in total. The van der Waals surface area contributed by atoms with Crippen LogP contribution in [0.2, 0.25) is 0 Å². The molecule has 1 aromatic carbocycles. The number of hydrogen-bond donors (Lipinski definition) is 2. The smallest absolute Gasteiger partial charge is 0.124 e. The quantitative estimate of drug-likeness (QED) is 0.770. The van der Waals surface area contributed by atoms with Crippen LogP contribution in [0.4, 0.5) is 10.1 Å².